The van der Waals surface area contributed by atoms with Gasteiger partial charge in [0.2, 0.25) is 5.91 Å². The highest BCUT2D eigenvalue weighted by atomic mass is 16.2. The second kappa shape index (κ2) is 8.69. The summed E-state index contributed by atoms with van der Waals surface area (Å²) in [6.45, 7) is 5.39. The van der Waals surface area contributed by atoms with Gasteiger partial charge in [0, 0.05) is 33.2 Å². The minimum atomic E-state index is 0.00987. The first-order valence-electron chi connectivity index (χ1n) is 10.2. The summed E-state index contributed by atoms with van der Waals surface area (Å²) in [5.41, 5.74) is 1.58. The van der Waals surface area contributed by atoms with Gasteiger partial charge in [-0.2, -0.15) is 0 Å². The number of nitrogens with zero attached hydrogens (tertiary/aromatic N) is 4. The lowest BCUT2D eigenvalue weighted by Gasteiger charge is -2.32. The van der Waals surface area contributed by atoms with Crippen LogP contribution in [0.1, 0.15) is 68.1 Å². The molecule has 144 valence electrons. The number of imidazole rings is 1. The number of piperidine rings is 1. The zero-order valence-electron chi connectivity index (χ0n) is 16.2. The molecule has 3 heterocycles. The highest BCUT2D eigenvalue weighted by Crippen LogP contribution is 2.25. The number of carbonyl (C=O) groups is 2. The van der Waals surface area contributed by atoms with Gasteiger partial charge in [0.25, 0.3) is 5.91 Å². The van der Waals surface area contributed by atoms with Crippen molar-refractivity contribution in [2.75, 3.05) is 26.7 Å². The van der Waals surface area contributed by atoms with Crippen LogP contribution in [0.4, 0.5) is 0 Å². The molecule has 1 atom stereocenters. The Kier molecular flexibility index (Phi) is 6.33. The van der Waals surface area contributed by atoms with E-state index >= 15 is 0 Å². The first-order valence-corrected chi connectivity index (χ1v) is 10.2. The monoisotopic (exact) mass is 360 g/mol. The molecule has 0 aromatic carbocycles. The minimum absolute atomic E-state index is 0.00987. The molecule has 3 rings (SSSR count). The molecule has 1 aromatic heterocycles. The van der Waals surface area contributed by atoms with Crippen molar-refractivity contribution < 1.29 is 9.59 Å². The number of carbonyl (C=O) groups excluding carboxylic acids is 2. The Morgan fingerprint density at radius 1 is 1.23 bits per heavy atom. The molecule has 1 aromatic rings. The molecule has 6 nitrogen and oxygen atoms in total. The van der Waals surface area contributed by atoms with Crippen LogP contribution in [0, 0.1) is 5.92 Å². The average Bonchev–Trinajstić information content (AvgIpc) is 3.10. The second-order valence-corrected chi connectivity index (χ2v) is 7.75. The molecular formula is C20H32N4O2. The third-order valence-electron chi connectivity index (χ3n) is 5.76. The van der Waals surface area contributed by atoms with Crippen LogP contribution in [-0.2, 0) is 17.8 Å². The second-order valence-electron chi connectivity index (χ2n) is 7.75. The maximum absolute atomic E-state index is 12.8. The van der Waals surface area contributed by atoms with Gasteiger partial charge in [0.15, 0.2) is 0 Å². The predicted octanol–water partition coefficient (Wildman–Crippen LogP) is 2.72. The van der Waals surface area contributed by atoms with E-state index in [0.717, 1.165) is 70.3 Å². The van der Waals surface area contributed by atoms with Crippen molar-refractivity contribution in [2.24, 2.45) is 5.92 Å². The smallest absolute Gasteiger partial charge is 0.274 e. The molecule has 0 bridgehead atoms. The summed E-state index contributed by atoms with van der Waals surface area (Å²) in [5, 5.41) is 0. The molecule has 6 heteroatoms. The van der Waals surface area contributed by atoms with Gasteiger partial charge >= 0.3 is 0 Å². The van der Waals surface area contributed by atoms with Crippen LogP contribution in [0.5, 0.6) is 0 Å². The number of hydrogen-bond acceptors (Lipinski definition) is 3. The predicted molar refractivity (Wildman–Crippen MR) is 101 cm³/mol. The Morgan fingerprint density at radius 3 is 2.73 bits per heavy atom. The van der Waals surface area contributed by atoms with Gasteiger partial charge in [-0.25, -0.2) is 4.98 Å². The molecule has 2 amide bonds. The maximum atomic E-state index is 12.8. The van der Waals surface area contributed by atoms with Crippen LogP contribution in [0.15, 0.2) is 6.33 Å². The van der Waals surface area contributed by atoms with Crippen LogP contribution in [-0.4, -0.2) is 57.8 Å². The summed E-state index contributed by atoms with van der Waals surface area (Å²) >= 11 is 0. The quantitative estimate of drug-likeness (QED) is 0.733. The Hall–Kier alpha value is -1.85. The number of amides is 2. The van der Waals surface area contributed by atoms with Crippen molar-refractivity contribution in [3.05, 3.63) is 17.7 Å². The van der Waals surface area contributed by atoms with Crippen molar-refractivity contribution in [3.63, 3.8) is 0 Å². The zero-order valence-corrected chi connectivity index (χ0v) is 16.2. The first-order chi connectivity index (χ1) is 12.6. The van der Waals surface area contributed by atoms with E-state index in [4.69, 9.17) is 0 Å². The molecule has 0 spiro atoms. The SMILES string of the molecule is CCCCCN(C)C(=O)c1ncn2c1CCC(C(=O)N1CCCCC1)C2. The van der Waals surface area contributed by atoms with E-state index in [9.17, 15) is 9.59 Å². The van der Waals surface area contributed by atoms with Crippen molar-refractivity contribution in [1.82, 2.24) is 19.4 Å². The topological polar surface area (TPSA) is 58.4 Å². The molecule has 1 unspecified atom stereocenters. The van der Waals surface area contributed by atoms with Gasteiger partial charge < -0.3 is 14.4 Å². The molecule has 26 heavy (non-hydrogen) atoms. The number of unbranched alkanes of at least 4 members (excludes halogenated alkanes) is 2. The number of aromatic nitrogens is 2. The van der Waals surface area contributed by atoms with E-state index in [0.29, 0.717) is 12.2 Å². The molecule has 0 N–H and O–H groups in total. The van der Waals surface area contributed by atoms with Crippen LogP contribution in [0.25, 0.3) is 0 Å². The van der Waals surface area contributed by atoms with Gasteiger partial charge in [0.05, 0.1) is 17.9 Å². The number of likely N-dealkylation sites (tertiary alicyclic amines) is 1. The minimum Gasteiger partial charge on any atom is -0.342 e. The summed E-state index contributed by atoms with van der Waals surface area (Å²) < 4.78 is 2.03. The zero-order chi connectivity index (χ0) is 18.5. The largest absolute Gasteiger partial charge is 0.342 e. The molecular weight excluding hydrogens is 328 g/mol. The van der Waals surface area contributed by atoms with E-state index in [1.165, 1.54) is 6.42 Å². The van der Waals surface area contributed by atoms with Gasteiger partial charge in [-0.05, 0) is 38.5 Å². The van der Waals surface area contributed by atoms with Gasteiger partial charge in [-0.15, -0.1) is 0 Å². The van der Waals surface area contributed by atoms with Crippen LogP contribution >= 0.6 is 0 Å². The van der Waals surface area contributed by atoms with Crippen molar-refractivity contribution >= 4 is 11.8 Å². The Balaban J connectivity index is 1.62. The van der Waals surface area contributed by atoms with Gasteiger partial charge in [-0.1, -0.05) is 19.8 Å². The summed E-state index contributed by atoms with van der Waals surface area (Å²) in [5.74, 6) is 0.323. The van der Waals surface area contributed by atoms with Gasteiger partial charge in [0.1, 0.15) is 5.69 Å². The Labute approximate surface area is 156 Å². The molecule has 0 aliphatic carbocycles. The lowest BCUT2D eigenvalue weighted by atomic mass is 9.94. The highest BCUT2D eigenvalue weighted by molar-refractivity contribution is 5.93. The normalized spacial score (nSPS) is 19.9. The third-order valence-corrected chi connectivity index (χ3v) is 5.76. The fourth-order valence-corrected chi connectivity index (χ4v) is 4.10. The lowest BCUT2D eigenvalue weighted by Crippen LogP contribution is -2.42. The maximum Gasteiger partial charge on any atom is 0.274 e. The lowest BCUT2D eigenvalue weighted by molar-refractivity contribution is -0.137. The third kappa shape index (κ3) is 4.10. The van der Waals surface area contributed by atoms with Crippen molar-refractivity contribution in [1.29, 1.82) is 0 Å². The van der Waals surface area contributed by atoms with Gasteiger partial charge in [-0.3, -0.25) is 9.59 Å². The van der Waals surface area contributed by atoms with E-state index in [2.05, 4.69) is 11.9 Å². The highest BCUT2D eigenvalue weighted by Gasteiger charge is 2.32. The number of hydrogen-bond donors (Lipinski definition) is 0. The van der Waals surface area contributed by atoms with Crippen LogP contribution in [0.3, 0.4) is 0 Å². The molecule has 0 radical (unpaired) electrons. The average molecular weight is 361 g/mol. The summed E-state index contributed by atoms with van der Waals surface area (Å²) in [7, 11) is 1.86. The molecule has 1 fully saturated rings. The van der Waals surface area contributed by atoms with Crippen molar-refractivity contribution in [3.8, 4) is 0 Å². The van der Waals surface area contributed by atoms with E-state index in [-0.39, 0.29) is 17.7 Å². The molecule has 2 aliphatic rings. The Morgan fingerprint density at radius 2 is 2.00 bits per heavy atom. The first kappa shape index (κ1) is 18.9. The molecule has 1 saturated heterocycles. The van der Waals surface area contributed by atoms with E-state index in [1.54, 1.807) is 11.2 Å². The standard InChI is InChI=1S/C20H32N4O2/c1-3-4-6-11-22(2)20(26)18-17-10-9-16(14-24(17)15-21-18)19(25)23-12-7-5-8-13-23/h15-16H,3-14H2,1-2H3. The fourth-order valence-electron chi connectivity index (χ4n) is 4.10. The fraction of sp³-hybridized carbons (Fsp3) is 0.750. The van der Waals surface area contributed by atoms with Crippen molar-refractivity contribution in [2.45, 2.75) is 64.8 Å². The molecule has 2 aliphatic heterocycles. The van der Waals surface area contributed by atoms with E-state index in [1.807, 2.05) is 16.5 Å². The Bertz CT molecular complexity index is 634. The molecule has 0 saturated carbocycles. The van der Waals surface area contributed by atoms with Crippen LogP contribution in [0.2, 0.25) is 0 Å². The summed E-state index contributed by atoms with van der Waals surface area (Å²) in [4.78, 5) is 33.7. The van der Waals surface area contributed by atoms with E-state index < -0.39 is 0 Å². The number of rotatable bonds is 6. The number of fused-ring (bicyclic) bond motifs is 1. The van der Waals surface area contributed by atoms with Crippen LogP contribution < -0.4 is 0 Å². The summed E-state index contributed by atoms with van der Waals surface area (Å²) in [6.07, 6.45) is 10.1. The summed E-state index contributed by atoms with van der Waals surface area (Å²) in [6, 6.07) is 0.